The molecule has 17 heavy (non-hydrogen) atoms. The molecule has 0 aromatic heterocycles. The van der Waals surface area contributed by atoms with Gasteiger partial charge in [0.25, 0.3) is 5.91 Å². The Kier molecular flexibility index (Phi) is 5.67. The molecule has 0 bridgehead atoms. The molecule has 1 aromatic rings. The second kappa shape index (κ2) is 7.05. The van der Waals surface area contributed by atoms with Crippen LogP contribution in [0.15, 0.2) is 24.3 Å². The van der Waals surface area contributed by atoms with E-state index in [1.165, 1.54) is 6.42 Å². The zero-order chi connectivity index (χ0) is 12.7. The number of rotatable bonds is 1. The van der Waals surface area contributed by atoms with E-state index in [0.717, 1.165) is 37.1 Å². The van der Waals surface area contributed by atoms with Gasteiger partial charge in [0.05, 0.1) is 7.18 Å². The maximum absolute atomic E-state index is 12.1. The first kappa shape index (κ1) is 13.7. The Balaban J connectivity index is 0.000000686. The van der Waals surface area contributed by atoms with E-state index >= 15 is 0 Å². The topological polar surface area (TPSA) is 20.3 Å². The Bertz CT molecular complexity index is 359. The first-order chi connectivity index (χ1) is 8.29. The van der Waals surface area contributed by atoms with Crippen LogP contribution in [0.3, 0.4) is 0 Å². The summed E-state index contributed by atoms with van der Waals surface area (Å²) < 4.78 is 9.50. The van der Waals surface area contributed by atoms with Gasteiger partial charge in [-0.25, -0.2) is 0 Å². The number of hydrogen-bond donors (Lipinski definition) is 0. The van der Waals surface area contributed by atoms with Crippen molar-refractivity contribution in [1.82, 2.24) is 4.90 Å². The minimum absolute atomic E-state index is 0.202. The van der Waals surface area contributed by atoms with Crippen molar-refractivity contribution in [2.75, 3.05) is 20.3 Å². The highest BCUT2D eigenvalue weighted by Gasteiger charge is 2.18. The minimum Gasteiger partial charge on any atom is -0.339 e. The number of halogens is 1. The molecule has 1 amide bonds. The highest BCUT2D eigenvalue weighted by molar-refractivity contribution is 5.95. The Morgan fingerprint density at radius 1 is 1.12 bits per heavy atom. The third-order valence-electron chi connectivity index (χ3n) is 3.02. The van der Waals surface area contributed by atoms with Crippen molar-refractivity contribution in [2.45, 2.75) is 26.2 Å². The molecular weight excluding hydrogens is 217 g/mol. The van der Waals surface area contributed by atoms with Crippen molar-refractivity contribution in [3.63, 3.8) is 0 Å². The highest BCUT2D eigenvalue weighted by Crippen LogP contribution is 2.15. The van der Waals surface area contributed by atoms with E-state index in [2.05, 4.69) is 0 Å². The maximum atomic E-state index is 12.1. The fraction of sp³-hybridized carbons (Fsp3) is 0.500. The largest absolute Gasteiger partial charge is 0.339 e. The Morgan fingerprint density at radius 3 is 2.29 bits per heavy atom. The van der Waals surface area contributed by atoms with Crippen molar-refractivity contribution in [3.8, 4) is 0 Å². The summed E-state index contributed by atoms with van der Waals surface area (Å²) in [5.74, 6) is 0.202. The molecule has 0 N–H and O–H groups in total. The number of amides is 1. The van der Waals surface area contributed by atoms with Crippen LogP contribution in [0.5, 0.6) is 0 Å². The van der Waals surface area contributed by atoms with Crippen molar-refractivity contribution >= 4 is 5.91 Å². The molecule has 2 nitrogen and oxygen atoms in total. The van der Waals surface area contributed by atoms with Crippen LogP contribution in [0.2, 0.25) is 0 Å². The molecule has 0 spiro atoms. The van der Waals surface area contributed by atoms with Gasteiger partial charge in [-0.3, -0.25) is 9.18 Å². The van der Waals surface area contributed by atoms with Gasteiger partial charge in [-0.15, -0.1) is 0 Å². The fourth-order valence-corrected chi connectivity index (χ4v) is 2.08. The summed E-state index contributed by atoms with van der Waals surface area (Å²) >= 11 is 0. The van der Waals surface area contributed by atoms with Gasteiger partial charge < -0.3 is 4.90 Å². The summed E-state index contributed by atoms with van der Waals surface area (Å²) in [6.45, 7) is 3.84. The number of aryl methyl sites for hydroxylation is 1. The molecular formula is C14H20FNO. The summed E-state index contributed by atoms with van der Waals surface area (Å²) in [5, 5.41) is 0. The quantitative estimate of drug-likeness (QED) is 0.734. The molecule has 94 valence electrons. The fourth-order valence-electron chi connectivity index (χ4n) is 2.08. The standard InChI is InChI=1S/C13H17NO.CH3F/c1-11-7-3-4-8-12(11)13(15)14-9-5-2-6-10-14;1-2/h3-4,7-8H,2,5-6,9-10H2,1H3;1H3. The number of nitrogens with zero attached hydrogens (tertiary/aromatic N) is 1. The van der Waals surface area contributed by atoms with E-state index in [9.17, 15) is 9.18 Å². The highest BCUT2D eigenvalue weighted by atomic mass is 19.1. The smallest absolute Gasteiger partial charge is 0.254 e. The van der Waals surface area contributed by atoms with Crippen molar-refractivity contribution < 1.29 is 9.18 Å². The number of benzene rings is 1. The van der Waals surface area contributed by atoms with Crippen LogP contribution in [0, 0.1) is 6.92 Å². The molecule has 0 atom stereocenters. The summed E-state index contributed by atoms with van der Waals surface area (Å²) in [4.78, 5) is 14.1. The Morgan fingerprint density at radius 2 is 1.71 bits per heavy atom. The number of carbonyl (C=O) groups excluding carboxylic acids is 1. The lowest BCUT2D eigenvalue weighted by molar-refractivity contribution is 0.0723. The van der Waals surface area contributed by atoms with Gasteiger partial charge in [-0.1, -0.05) is 18.2 Å². The van der Waals surface area contributed by atoms with Crippen molar-refractivity contribution in [3.05, 3.63) is 35.4 Å². The first-order valence-corrected chi connectivity index (χ1v) is 6.02. The number of likely N-dealkylation sites (tertiary alicyclic amines) is 1. The van der Waals surface area contributed by atoms with Gasteiger partial charge in [0, 0.05) is 18.7 Å². The van der Waals surface area contributed by atoms with Crippen LogP contribution in [0.4, 0.5) is 4.39 Å². The van der Waals surface area contributed by atoms with E-state index in [0.29, 0.717) is 7.18 Å². The molecule has 0 unspecified atom stereocenters. The molecule has 1 aromatic carbocycles. The molecule has 0 aliphatic carbocycles. The molecule has 0 radical (unpaired) electrons. The third-order valence-corrected chi connectivity index (χ3v) is 3.02. The van der Waals surface area contributed by atoms with Gasteiger partial charge in [0.15, 0.2) is 0 Å². The molecule has 1 aliphatic rings. The molecule has 2 rings (SSSR count). The van der Waals surface area contributed by atoms with E-state index in [1.54, 1.807) is 0 Å². The van der Waals surface area contributed by atoms with Crippen LogP contribution in [0.25, 0.3) is 0 Å². The number of hydrogen-bond acceptors (Lipinski definition) is 1. The lowest BCUT2D eigenvalue weighted by Gasteiger charge is -2.27. The van der Waals surface area contributed by atoms with Gasteiger partial charge >= 0.3 is 0 Å². The molecule has 1 saturated heterocycles. The van der Waals surface area contributed by atoms with Gasteiger partial charge in [0.2, 0.25) is 0 Å². The predicted molar refractivity (Wildman–Crippen MR) is 68.0 cm³/mol. The van der Waals surface area contributed by atoms with E-state index in [4.69, 9.17) is 0 Å². The lowest BCUT2D eigenvalue weighted by atomic mass is 10.1. The van der Waals surface area contributed by atoms with Crippen LogP contribution in [-0.2, 0) is 0 Å². The zero-order valence-corrected chi connectivity index (χ0v) is 10.6. The summed E-state index contributed by atoms with van der Waals surface area (Å²) in [6, 6.07) is 7.83. The summed E-state index contributed by atoms with van der Waals surface area (Å²) in [6.07, 6.45) is 3.56. The average molecular weight is 237 g/mol. The molecule has 1 aliphatic heterocycles. The van der Waals surface area contributed by atoms with Crippen LogP contribution in [0.1, 0.15) is 35.2 Å². The first-order valence-electron chi connectivity index (χ1n) is 6.02. The number of carbonyl (C=O) groups is 1. The van der Waals surface area contributed by atoms with E-state index in [-0.39, 0.29) is 5.91 Å². The van der Waals surface area contributed by atoms with E-state index in [1.807, 2.05) is 36.1 Å². The van der Waals surface area contributed by atoms with Crippen LogP contribution >= 0.6 is 0 Å². The second-order valence-electron chi connectivity index (χ2n) is 4.17. The van der Waals surface area contributed by atoms with Crippen molar-refractivity contribution in [2.24, 2.45) is 0 Å². The zero-order valence-electron chi connectivity index (χ0n) is 10.6. The van der Waals surface area contributed by atoms with Crippen LogP contribution < -0.4 is 0 Å². The molecule has 1 fully saturated rings. The lowest BCUT2D eigenvalue weighted by Crippen LogP contribution is -2.35. The van der Waals surface area contributed by atoms with E-state index < -0.39 is 0 Å². The third kappa shape index (κ3) is 3.55. The summed E-state index contributed by atoms with van der Waals surface area (Å²) in [5.41, 5.74) is 1.94. The maximum Gasteiger partial charge on any atom is 0.254 e. The monoisotopic (exact) mass is 237 g/mol. The predicted octanol–water partition coefficient (Wildman–Crippen LogP) is 3.21. The van der Waals surface area contributed by atoms with Gasteiger partial charge in [-0.2, -0.15) is 0 Å². The number of alkyl halides is 1. The Labute approximate surface area is 102 Å². The molecule has 3 heteroatoms. The average Bonchev–Trinajstić information content (AvgIpc) is 2.42. The minimum atomic E-state index is 0.202. The van der Waals surface area contributed by atoms with Crippen molar-refractivity contribution in [1.29, 1.82) is 0 Å². The Hall–Kier alpha value is -1.38. The summed E-state index contributed by atoms with van der Waals surface area (Å²) in [7, 11) is 0.500. The van der Waals surface area contributed by atoms with Gasteiger partial charge in [-0.05, 0) is 37.8 Å². The normalized spacial score (nSPS) is 14.9. The molecule has 0 saturated carbocycles. The SMILES string of the molecule is CF.Cc1ccccc1C(=O)N1CCCCC1. The second-order valence-corrected chi connectivity index (χ2v) is 4.17. The molecule has 1 heterocycles. The number of piperidine rings is 1. The van der Waals surface area contributed by atoms with Crippen LogP contribution in [-0.4, -0.2) is 31.1 Å². The van der Waals surface area contributed by atoms with Gasteiger partial charge in [0.1, 0.15) is 0 Å².